The average Bonchev–Trinajstić information content (AvgIpc) is 3.20. The zero-order valence-electron chi connectivity index (χ0n) is 15.9. The smallest absolute Gasteiger partial charge is 0.269 e. The molecule has 158 valence electrons. The number of anilines is 1. The van der Waals surface area contributed by atoms with Gasteiger partial charge >= 0.3 is 0 Å². The molecule has 0 unspecified atom stereocenters. The molecule has 0 saturated heterocycles. The monoisotopic (exact) mass is 445 g/mol. The Morgan fingerprint density at radius 1 is 1.13 bits per heavy atom. The second-order valence-electron chi connectivity index (χ2n) is 6.57. The number of aryl methyl sites for hydroxylation is 1. The molecule has 0 atom stereocenters. The minimum Gasteiger partial charge on any atom is -0.325 e. The molecule has 2 N–H and O–H groups in total. The molecule has 2 aromatic carbocycles. The zero-order valence-corrected chi connectivity index (χ0v) is 16.8. The molecule has 4 rings (SSSR count). The van der Waals surface area contributed by atoms with E-state index < -0.39 is 28.9 Å². The van der Waals surface area contributed by atoms with Gasteiger partial charge in [0.2, 0.25) is 5.91 Å². The highest BCUT2D eigenvalue weighted by Gasteiger charge is 2.17. The number of aromatic nitrogens is 4. The highest BCUT2D eigenvalue weighted by molar-refractivity contribution is 7.99. The Labute approximate surface area is 177 Å². The SMILES string of the molecule is Cc1ccc(NC(=O)CSc2nc3[nH]ncc3c(=O)n2-c2ccc(F)c(F)c2)cc1F. The van der Waals surface area contributed by atoms with Gasteiger partial charge in [0, 0.05) is 11.8 Å². The van der Waals surface area contributed by atoms with Crippen molar-refractivity contribution in [1.82, 2.24) is 19.7 Å². The standard InChI is InChI=1S/C20H14F3N5O2S/c1-10-2-3-11(6-15(10)22)25-17(29)9-31-20-26-18-13(8-24-27-18)19(30)28(20)12-4-5-14(21)16(23)7-12/h2-8H,9H2,1H3,(H,24,27)(H,25,29). The van der Waals surface area contributed by atoms with E-state index in [0.717, 1.165) is 28.5 Å². The maximum absolute atomic E-state index is 13.8. The lowest BCUT2D eigenvalue weighted by atomic mass is 10.2. The molecule has 2 heterocycles. The van der Waals surface area contributed by atoms with Crippen LogP contribution in [0.25, 0.3) is 16.7 Å². The van der Waals surface area contributed by atoms with Gasteiger partial charge in [-0.25, -0.2) is 18.2 Å². The first kappa shape index (κ1) is 20.7. The number of nitrogens with one attached hydrogen (secondary N) is 2. The van der Waals surface area contributed by atoms with E-state index in [-0.39, 0.29) is 33.3 Å². The van der Waals surface area contributed by atoms with E-state index >= 15 is 0 Å². The number of benzene rings is 2. The third kappa shape index (κ3) is 4.17. The first-order valence-corrected chi connectivity index (χ1v) is 9.92. The number of aromatic amines is 1. The molecule has 0 saturated carbocycles. The Morgan fingerprint density at radius 2 is 1.94 bits per heavy atom. The van der Waals surface area contributed by atoms with Gasteiger partial charge in [-0.15, -0.1) is 0 Å². The molecule has 0 aliphatic heterocycles. The predicted octanol–water partition coefficient (Wildman–Crippen LogP) is 3.57. The van der Waals surface area contributed by atoms with Crippen molar-refractivity contribution >= 4 is 34.4 Å². The molecule has 0 spiro atoms. The summed E-state index contributed by atoms with van der Waals surface area (Å²) < 4.78 is 41.9. The van der Waals surface area contributed by atoms with Gasteiger partial charge in [0.15, 0.2) is 22.4 Å². The van der Waals surface area contributed by atoms with E-state index in [2.05, 4.69) is 20.5 Å². The van der Waals surface area contributed by atoms with Gasteiger partial charge in [-0.1, -0.05) is 17.8 Å². The number of rotatable bonds is 5. The van der Waals surface area contributed by atoms with Gasteiger partial charge in [0.25, 0.3) is 5.56 Å². The fourth-order valence-electron chi connectivity index (χ4n) is 2.82. The molecule has 0 bridgehead atoms. The fourth-order valence-corrected chi connectivity index (χ4v) is 3.63. The molecule has 2 aromatic heterocycles. The molecule has 11 heteroatoms. The largest absolute Gasteiger partial charge is 0.325 e. The first-order valence-electron chi connectivity index (χ1n) is 8.94. The lowest BCUT2D eigenvalue weighted by molar-refractivity contribution is -0.113. The van der Waals surface area contributed by atoms with Crippen molar-refractivity contribution in [3.05, 3.63) is 76.0 Å². The van der Waals surface area contributed by atoms with Crippen molar-refractivity contribution in [3.8, 4) is 5.69 Å². The maximum atomic E-state index is 13.8. The fraction of sp³-hybridized carbons (Fsp3) is 0.100. The van der Waals surface area contributed by atoms with Crippen LogP contribution in [-0.4, -0.2) is 31.4 Å². The Balaban J connectivity index is 1.64. The molecular formula is C20H14F3N5O2S. The van der Waals surface area contributed by atoms with Crippen molar-refractivity contribution in [1.29, 1.82) is 0 Å². The second kappa shape index (κ2) is 8.26. The molecule has 0 aliphatic rings. The van der Waals surface area contributed by atoms with Crippen LogP contribution in [0.3, 0.4) is 0 Å². The van der Waals surface area contributed by atoms with Crippen LogP contribution in [0.4, 0.5) is 18.9 Å². The number of carbonyl (C=O) groups excluding carboxylic acids is 1. The van der Waals surface area contributed by atoms with Gasteiger partial charge in [0.05, 0.1) is 17.6 Å². The lowest BCUT2D eigenvalue weighted by Gasteiger charge is -2.12. The number of hydrogen-bond acceptors (Lipinski definition) is 5. The third-order valence-corrected chi connectivity index (χ3v) is 5.34. The Bertz CT molecular complexity index is 1370. The average molecular weight is 445 g/mol. The zero-order chi connectivity index (χ0) is 22.1. The summed E-state index contributed by atoms with van der Waals surface area (Å²) in [4.78, 5) is 29.5. The summed E-state index contributed by atoms with van der Waals surface area (Å²) in [7, 11) is 0. The summed E-state index contributed by atoms with van der Waals surface area (Å²) in [5.74, 6) is -3.29. The van der Waals surface area contributed by atoms with Gasteiger partial charge in [-0.05, 0) is 36.8 Å². The van der Waals surface area contributed by atoms with Crippen LogP contribution in [0.15, 0.2) is 52.5 Å². The van der Waals surface area contributed by atoms with E-state index in [4.69, 9.17) is 0 Å². The number of H-pyrrole nitrogens is 1. The van der Waals surface area contributed by atoms with E-state index in [1.165, 1.54) is 24.4 Å². The molecule has 31 heavy (non-hydrogen) atoms. The number of amides is 1. The second-order valence-corrected chi connectivity index (χ2v) is 7.51. The number of nitrogens with zero attached hydrogens (tertiary/aromatic N) is 3. The number of thioether (sulfide) groups is 1. The Kier molecular flexibility index (Phi) is 5.51. The van der Waals surface area contributed by atoms with Crippen molar-refractivity contribution in [2.24, 2.45) is 0 Å². The van der Waals surface area contributed by atoms with Crippen molar-refractivity contribution in [3.63, 3.8) is 0 Å². The molecule has 0 fully saturated rings. The lowest BCUT2D eigenvalue weighted by Crippen LogP contribution is -2.22. The molecule has 7 nitrogen and oxygen atoms in total. The van der Waals surface area contributed by atoms with E-state index in [1.807, 2.05) is 0 Å². The normalized spacial score (nSPS) is 11.1. The minimum absolute atomic E-state index is 0.0445. The number of carbonyl (C=O) groups is 1. The summed E-state index contributed by atoms with van der Waals surface area (Å²) in [5, 5.41) is 9.12. The summed E-state index contributed by atoms with van der Waals surface area (Å²) in [6.07, 6.45) is 1.27. The van der Waals surface area contributed by atoms with E-state index in [0.29, 0.717) is 5.56 Å². The van der Waals surface area contributed by atoms with E-state index in [9.17, 15) is 22.8 Å². The van der Waals surface area contributed by atoms with Gasteiger partial charge in [0.1, 0.15) is 11.2 Å². The summed E-state index contributed by atoms with van der Waals surface area (Å²) >= 11 is 0.901. The summed E-state index contributed by atoms with van der Waals surface area (Å²) in [6.45, 7) is 1.60. The van der Waals surface area contributed by atoms with Crippen LogP contribution in [0.2, 0.25) is 0 Å². The van der Waals surface area contributed by atoms with Crippen LogP contribution >= 0.6 is 11.8 Å². The molecule has 0 radical (unpaired) electrons. The number of fused-ring (bicyclic) bond motifs is 1. The van der Waals surface area contributed by atoms with Crippen molar-refractivity contribution in [2.75, 3.05) is 11.1 Å². The molecule has 0 aliphatic carbocycles. The predicted molar refractivity (Wildman–Crippen MR) is 110 cm³/mol. The quantitative estimate of drug-likeness (QED) is 0.362. The summed E-state index contributed by atoms with van der Waals surface area (Å²) in [5.41, 5.74) is 0.396. The van der Waals surface area contributed by atoms with Crippen LogP contribution in [-0.2, 0) is 4.79 Å². The topological polar surface area (TPSA) is 92.7 Å². The molecule has 4 aromatic rings. The molecular weight excluding hydrogens is 431 g/mol. The van der Waals surface area contributed by atoms with E-state index in [1.54, 1.807) is 13.0 Å². The van der Waals surface area contributed by atoms with Crippen LogP contribution < -0.4 is 10.9 Å². The maximum Gasteiger partial charge on any atom is 0.269 e. The van der Waals surface area contributed by atoms with Crippen molar-refractivity contribution in [2.45, 2.75) is 12.1 Å². The number of halogens is 3. The summed E-state index contributed by atoms with van der Waals surface area (Å²) in [6, 6.07) is 7.28. The number of hydrogen-bond donors (Lipinski definition) is 2. The highest BCUT2D eigenvalue weighted by Crippen LogP contribution is 2.22. The van der Waals surface area contributed by atoms with Crippen molar-refractivity contribution < 1.29 is 18.0 Å². The third-order valence-electron chi connectivity index (χ3n) is 4.40. The van der Waals surface area contributed by atoms with Gasteiger partial charge < -0.3 is 5.32 Å². The van der Waals surface area contributed by atoms with Gasteiger partial charge in [-0.3, -0.25) is 19.3 Å². The van der Waals surface area contributed by atoms with Gasteiger partial charge in [-0.2, -0.15) is 5.10 Å². The first-order chi connectivity index (χ1) is 14.8. The van der Waals surface area contributed by atoms with Crippen LogP contribution in [0, 0.1) is 24.4 Å². The van der Waals surface area contributed by atoms with Crippen LogP contribution in [0.1, 0.15) is 5.56 Å². The molecule has 1 amide bonds. The Morgan fingerprint density at radius 3 is 2.68 bits per heavy atom. The minimum atomic E-state index is -1.13. The Hall–Kier alpha value is -3.60. The van der Waals surface area contributed by atoms with Crippen LogP contribution in [0.5, 0.6) is 0 Å². The highest BCUT2D eigenvalue weighted by atomic mass is 32.2.